The molecule has 3 N–H and O–H groups in total. The number of nitrogens with zero attached hydrogens (tertiary/aromatic N) is 3. The molecule has 0 aliphatic heterocycles. The number of alkyl halides is 3. The van der Waals surface area contributed by atoms with Crippen molar-refractivity contribution in [3.63, 3.8) is 0 Å². The number of rotatable bonds is 2. The van der Waals surface area contributed by atoms with Crippen LogP contribution in [0.3, 0.4) is 0 Å². The summed E-state index contributed by atoms with van der Waals surface area (Å²) in [6.07, 6.45) is -5.08. The lowest BCUT2D eigenvalue weighted by Gasteiger charge is -2.07. The zero-order valence-electron chi connectivity index (χ0n) is 14.5. The number of aliphatic carboxylic acids is 1. The fourth-order valence-electron chi connectivity index (χ4n) is 2.14. The van der Waals surface area contributed by atoms with E-state index in [4.69, 9.17) is 20.9 Å². The van der Waals surface area contributed by atoms with E-state index >= 15 is 0 Å². The second kappa shape index (κ2) is 8.79. The molecule has 0 aliphatic rings. The molecule has 3 rings (SSSR count). The molecule has 1 heterocycles. The number of halogens is 4. The minimum absolute atomic E-state index is 0.00550. The Balaban J connectivity index is 0.000000370. The van der Waals surface area contributed by atoms with Crippen molar-refractivity contribution in [1.29, 1.82) is 5.26 Å². The van der Waals surface area contributed by atoms with Crippen LogP contribution in [0.15, 0.2) is 54.6 Å². The Labute approximate surface area is 161 Å². The minimum Gasteiger partial charge on any atom is -0.475 e. The molecule has 0 spiro atoms. The van der Waals surface area contributed by atoms with Crippen LogP contribution in [0, 0.1) is 17.1 Å². The molecule has 0 fully saturated rings. The first-order chi connectivity index (χ1) is 13.6. The van der Waals surface area contributed by atoms with Gasteiger partial charge in [-0.05, 0) is 18.2 Å². The molecule has 6 nitrogen and oxygen atoms in total. The third kappa shape index (κ3) is 5.74. The van der Waals surface area contributed by atoms with Gasteiger partial charge in [-0.25, -0.2) is 19.2 Å². The summed E-state index contributed by atoms with van der Waals surface area (Å²) < 4.78 is 45.5. The van der Waals surface area contributed by atoms with E-state index in [1.54, 1.807) is 18.2 Å². The van der Waals surface area contributed by atoms with Crippen LogP contribution >= 0.6 is 0 Å². The molecular weight excluding hydrogens is 392 g/mol. The van der Waals surface area contributed by atoms with Crippen molar-refractivity contribution in [2.75, 3.05) is 5.73 Å². The van der Waals surface area contributed by atoms with Gasteiger partial charge in [-0.15, -0.1) is 0 Å². The third-order valence-corrected chi connectivity index (χ3v) is 3.44. The smallest absolute Gasteiger partial charge is 0.475 e. The SMILES string of the molecule is N#Cc1ccc(-c2cc(-c3ccccc3)nc(N)n2)cc1F.O=C(O)C(F)(F)F. The molecule has 1 aromatic heterocycles. The summed E-state index contributed by atoms with van der Waals surface area (Å²) in [6.45, 7) is 0. The molecular formula is C19H12F4N4O2. The first-order valence-corrected chi connectivity index (χ1v) is 7.82. The molecule has 0 aliphatic carbocycles. The Bertz CT molecular complexity index is 1060. The summed E-state index contributed by atoms with van der Waals surface area (Å²) in [5, 5.41) is 15.9. The third-order valence-electron chi connectivity index (χ3n) is 3.44. The first kappa shape index (κ1) is 21.3. The van der Waals surface area contributed by atoms with E-state index in [0.717, 1.165) is 5.56 Å². The van der Waals surface area contributed by atoms with Gasteiger partial charge in [0.2, 0.25) is 5.95 Å². The topological polar surface area (TPSA) is 113 Å². The van der Waals surface area contributed by atoms with E-state index in [9.17, 15) is 17.6 Å². The quantitative estimate of drug-likeness (QED) is 0.624. The van der Waals surface area contributed by atoms with Crippen LogP contribution in [0.25, 0.3) is 22.5 Å². The van der Waals surface area contributed by atoms with Crippen molar-refractivity contribution < 1.29 is 27.5 Å². The molecule has 0 bridgehead atoms. The molecule has 0 radical (unpaired) electrons. The first-order valence-electron chi connectivity index (χ1n) is 7.82. The van der Waals surface area contributed by atoms with E-state index in [1.165, 1.54) is 12.1 Å². The number of carboxylic acid groups (broad SMARTS) is 1. The zero-order valence-corrected chi connectivity index (χ0v) is 14.5. The van der Waals surface area contributed by atoms with Crippen molar-refractivity contribution in [2.45, 2.75) is 6.18 Å². The number of carboxylic acids is 1. The highest BCUT2D eigenvalue weighted by Crippen LogP contribution is 2.25. The van der Waals surface area contributed by atoms with Crippen molar-refractivity contribution in [3.8, 4) is 28.6 Å². The Kier molecular flexibility index (Phi) is 6.46. The maximum Gasteiger partial charge on any atom is 0.490 e. The number of nitrogen functional groups attached to an aromatic ring is 1. The average Bonchev–Trinajstić information content (AvgIpc) is 2.68. The van der Waals surface area contributed by atoms with E-state index < -0.39 is 18.0 Å². The lowest BCUT2D eigenvalue weighted by Crippen LogP contribution is -2.21. The van der Waals surface area contributed by atoms with Gasteiger partial charge in [0.05, 0.1) is 17.0 Å². The number of carbonyl (C=O) groups is 1. The fourth-order valence-corrected chi connectivity index (χ4v) is 2.14. The van der Waals surface area contributed by atoms with Gasteiger partial charge in [-0.1, -0.05) is 36.4 Å². The summed E-state index contributed by atoms with van der Waals surface area (Å²) in [7, 11) is 0. The number of anilines is 1. The number of aromatic nitrogens is 2. The van der Waals surface area contributed by atoms with Gasteiger partial charge in [0.15, 0.2) is 0 Å². The van der Waals surface area contributed by atoms with Crippen LogP contribution < -0.4 is 5.73 Å². The molecule has 0 saturated carbocycles. The van der Waals surface area contributed by atoms with Crippen LogP contribution in [0.4, 0.5) is 23.5 Å². The van der Waals surface area contributed by atoms with E-state index in [1.807, 2.05) is 30.3 Å². The van der Waals surface area contributed by atoms with Gasteiger partial charge in [-0.3, -0.25) is 0 Å². The second-order valence-corrected chi connectivity index (χ2v) is 5.47. The average molecular weight is 404 g/mol. The maximum absolute atomic E-state index is 13.8. The number of nitriles is 1. The highest BCUT2D eigenvalue weighted by Gasteiger charge is 2.38. The van der Waals surface area contributed by atoms with Crippen molar-refractivity contribution in [3.05, 3.63) is 66.0 Å². The number of hydrogen-bond donors (Lipinski definition) is 2. The molecule has 148 valence electrons. The zero-order chi connectivity index (χ0) is 21.6. The van der Waals surface area contributed by atoms with Gasteiger partial charge < -0.3 is 10.8 Å². The summed E-state index contributed by atoms with van der Waals surface area (Å²) in [4.78, 5) is 17.2. The van der Waals surface area contributed by atoms with E-state index in [2.05, 4.69) is 9.97 Å². The Morgan fingerprint density at radius 3 is 2.03 bits per heavy atom. The van der Waals surface area contributed by atoms with Gasteiger partial charge in [-0.2, -0.15) is 18.4 Å². The lowest BCUT2D eigenvalue weighted by atomic mass is 10.1. The Morgan fingerprint density at radius 2 is 1.55 bits per heavy atom. The summed E-state index contributed by atoms with van der Waals surface area (Å²) in [5.74, 6) is -3.23. The Morgan fingerprint density at radius 1 is 1.00 bits per heavy atom. The van der Waals surface area contributed by atoms with Gasteiger partial charge in [0, 0.05) is 11.1 Å². The predicted octanol–water partition coefficient (Wildman–Crippen LogP) is 4.04. The summed E-state index contributed by atoms with van der Waals surface area (Å²) in [5.41, 5.74) is 8.36. The van der Waals surface area contributed by atoms with Gasteiger partial charge in [0.1, 0.15) is 11.9 Å². The van der Waals surface area contributed by atoms with Gasteiger partial charge >= 0.3 is 12.1 Å². The van der Waals surface area contributed by atoms with Gasteiger partial charge in [0.25, 0.3) is 0 Å². The molecule has 0 amide bonds. The van der Waals surface area contributed by atoms with Crippen LogP contribution in [0.1, 0.15) is 5.56 Å². The molecule has 0 atom stereocenters. The molecule has 0 saturated heterocycles. The lowest BCUT2D eigenvalue weighted by molar-refractivity contribution is -0.192. The fraction of sp³-hybridized carbons (Fsp3) is 0.0526. The molecule has 2 aromatic carbocycles. The number of benzene rings is 2. The number of hydrogen-bond acceptors (Lipinski definition) is 5. The largest absolute Gasteiger partial charge is 0.490 e. The van der Waals surface area contributed by atoms with Crippen molar-refractivity contribution in [1.82, 2.24) is 9.97 Å². The summed E-state index contributed by atoms with van der Waals surface area (Å²) in [6, 6.07) is 17.4. The second-order valence-electron chi connectivity index (χ2n) is 5.47. The molecule has 29 heavy (non-hydrogen) atoms. The van der Waals surface area contributed by atoms with Crippen molar-refractivity contribution >= 4 is 11.9 Å². The van der Waals surface area contributed by atoms with Crippen LogP contribution in [0.2, 0.25) is 0 Å². The van der Waals surface area contributed by atoms with Crippen LogP contribution in [-0.2, 0) is 4.79 Å². The standard InChI is InChI=1S/C17H11FN4.C2HF3O2/c18-14-8-12(6-7-13(14)10-19)16-9-15(21-17(20)22-16)11-4-2-1-3-5-11;3-2(4,5)1(6)7/h1-9H,(H2,20,21,22);(H,6,7). The molecule has 0 unspecified atom stereocenters. The number of nitrogens with two attached hydrogens (primary N) is 1. The molecule has 3 aromatic rings. The van der Waals surface area contributed by atoms with E-state index in [-0.39, 0.29) is 11.5 Å². The van der Waals surface area contributed by atoms with Crippen molar-refractivity contribution in [2.24, 2.45) is 0 Å². The maximum atomic E-state index is 13.8. The van der Waals surface area contributed by atoms with Crippen LogP contribution in [-0.4, -0.2) is 27.2 Å². The normalized spacial score (nSPS) is 10.4. The predicted molar refractivity (Wildman–Crippen MR) is 95.7 cm³/mol. The monoisotopic (exact) mass is 404 g/mol. The molecule has 10 heteroatoms. The minimum atomic E-state index is -5.08. The highest BCUT2D eigenvalue weighted by atomic mass is 19.4. The van der Waals surface area contributed by atoms with E-state index in [0.29, 0.717) is 17.0 Å². The highest BCUT2D eigenvalue weighted by molar-refractivity contribution is 5.73. The summed E-state index contributed by atoms with van der Waals surface area (Å²) >= 11 is 0. The van der Waals surface area contributed by atoms with Crippen LogP contribution in [0.5, 0.6) is 0 Å². The Hall–Kier alpha value is -4.00.